The van der Waals surface area contributed by atoms with E-state index < -0.39 is 0 Å². The molecule has 1 saturated heterocycles. The number of hydrogen-bond donors (Lipinski definition) is 1. The van der Waals surface area contributed by atoms with Crippen LogP contribution in [0.15, 0.2) is 18.2 Å². The second-order valence-corrected chi connectivity index (χ2v) is 6.63. The molecule has 1 atom stereocenters. The maximum Gasteiger partial charge on any atom is 0.161 e. The monoisotopic (exact) mass is 328 g/mol. The second kappa shape index (κ2) is 8.04. The predicted molar refractivity (Wildman–Crippen MR) is 93.1 cm³/mol. The van der Waals surface area contributed by atoms with Gasteiger partial charge in [-0.05, 0) is 56.5 Å². The predicted octanol–water partition coefficient (Wildman–Crippen LogP) is 3.07. The number of methoxy groups -OCH3 is 1. The number of hydrogen-bond acceptors (Lipinski definition) is 4. The van der Waals surface area contributed by atoms with E-state index in [1.807, 2.05) is 19.9 Å². The highest BCUT2D eigenvalue weighted by Gasteiger charge is 2.32. The van der Waals surface area contributed by atoms with Crippen molar-refractivity contribution in [3.8, 4) is 11.5 Å². The molecule has 1 aliphatic heterocycles. The van der Waals surface area contributed by atoms with Crippen molar-refractivity contribution in [3.05, 3.63) is 23.8 Å². The number of likely N-dealkylation sites (tertiary alicyclic amines) is 1. The molecule has 2 rings (SSSR count). The summed E-state index contributed by atoms with van der Waals surface area (Å²) in [6.45, 7) is 10.2. The van der Waals surface area contributed by atoms with Crippen molar-refractivity contribution < 1.29 is 9.47 Å². The van der Waals surface area contributed by atoms with Gasteiger partial charge >= 0.3 is 0 Å². The van der Waals surface area contributed by atoms with Crippen LogP contribution in [0, 0.1) is 5.41 Å². The van der Waals surface area contributed by atoms with Gasteiger partial charge in [0.15, 0.2) is 11.5 Å². The first-order valence-corrected chi connectivity index (χ1v) is 7.72. The van der Waals surface area contributed by atoms with Gasteiger partial charge in [-0.2, -0.15) is 0 Å². The Labute approximate surface area is 140 Å². The highest BCUT2D eigenvalue weighted by atomic mass is 35.5. The normalized spacial score (nSPS) is 21.7. The molecule has 0 saturated carbocycles. The Morgan fingerprint density at radius 3 is 2.59 bits per heavy atom. The molecule has 0 radical (unpaired) electrons. The molecule has 0 bridgehead atoms. The zero-order valence-electron chi connectivity index (χ0n) is 14.1. The molecule has 1 unspecified atom stereocenters. The molecule has 0 amide bonds. The Morgan fingerprint density at radius 1 is 1.32 bits per heavy atom. The molecule has 0 aromatic heterocycles. The van der Waals surface area contributed by atoms with Crippen LogP contribution in [0.25, 0.3) is 0 Å². The first-order valence-electron chi connectivity index (χ1n) is 7.72. The van der Waals surface area contributed by atoms with Crippen molar-refractivity contribution in [2.45, 2.75) is 39.8 Å². The molecule has 1 aliphatic rings. The van der Waals surface area contributed by atoms with Crippen molar-refractivity contribution in [2.75, 3.05) is 26.7 Å². The highest BCUT2D eigenvalue weighted by molar-refractivity contribution is 5.85. The summed E-state index contributed by atoms with van der Waals surface area (Å²) in [6, 6.07) is 6.21. The minimum atomic E-state index is 0. The molecule has 1 aromatic rings. The maximum atomic E-state index is 5.87. The summed E-state index contributed by atoms with van der Waals surface area (Å²) in [6.07, 6.45) is 1.32. The van der Waals surface area contributed by atoms with E-state index in [4.69, 9.17) is 15.2 Å². The molecule has 1 heterocycles. The maximum absolute atomic E-state index is 5.87. The minimum absolute atomic E-state index is 0. The summed E-state index contributed by atoms with van der Waals surface area (Å²) in [5, 5.41) is 0. The molecule has 22 heavy (non-hydrogen) atoms. The molecule has 4 nitrogen and oxygen atoms in total. The van der Waals surface area contributed by atoms with Gasteiger partial charge in [-0.3, -0.25) is 4.90 Å². The Bertz CT molecular complexity index is 482. The van der Waals surface area contributed by atoms with E-state index in [-0.39, 0.29) is 23.9 Å². The lowest BCUT2D eigenvalue weighted by Gasteiger charge is -2.23. The third-order valence-electron chi connectivity index (χ3n) is 4.13. The van der Waals surface area contributed by atoms with Crippen LogP contribution in [0.3, 0.4) is 0 Å². The third kappa shape index (κ3) is 4.77. The van der Waals surface area contributed by atoms with Crippen molar-refractivity contribution in [1.82, 2.24) is 4.90 Å². The van der Waals surface area contributed by atoms with Gasteiger partial charge in [0.1, 0.15) is 0 Å². The lowest BCUT2D eigenvalue weighted by molar-refractivity contribution is 0.229. The van der Waals surface area contributed by atoms with E-state index in [0.29, 0.717) is 0 Å². The van der Waals surface area contributed by atoms with Gasteiger partial charge < -0.3 is 15.2 Å². The van der Waals surface area contributed by atoms with E-state index >= 15 is 0 Å². The van der Waals surface area contributed by atoms with Gasteiger partial charge in [-0.1, -0.05) is 13.0 Å². The first-order chi connectivity index (χ1) is 9.95. The van der Waals surface area contributed by atoms with Crippen LogP contribution in [0.4, 0.5) is 0 Å². The molecule has 5 heteroatoms. The lowest BCUT2D eigenvalue weighted by Crippen LogP contribution is -2.31. The van der Waals surface area contributed by atoms with Crippen molar-refractivity contribution in [3.63, 3.8) is 0 Å². The van der Waals surface area contributed by atoms with E-state index in [2.05, 4.69) is 24.0 Å². The summed E-state index contributed by atoms with van der Waals surface area (Å²) in [7, 11) is 1.69. The van der Waals surface area contributed by atoms with E-state index in [1.54, 1.807) is 7.11 Å². The summed E-state index contributed by atoms with van der Waals surface area (Å²) >= 11 is 0. The molecule has 2 N–H and O–H groups in total. The van der Waals surface area contributed by atoms with Gasteiger partial charge in [-0.25, -0.2) is 0 Å². The molecule has 1 fully saturated rings. The molecule has 126 valence electrons. The van der Waals surface area contributed by atoms with Crippen molar-refractivity contribution >= 4 is 12.4 Å². The van der Waals surface area contributed by atoms with E-state index in [0.717, 1.165) is 37.7 Å². The quantitative estimate of drug-likeness (QED) is 0.871. The number of nitrogens with two attached hydrogens (primary N) is 1. The van der Waals surface area contributed by atoms with Gasteiger partial charge in [0, 0.05) is 13.1 Å². The van der Waals surface area contributed by atoms with E-state index in [1.165, 1.54) is 12.0 Å². The number of halogens is 1. The number of benzene rings is 1. The summed E-state index contributed by atoms with van der Waals surface area (Å²) in [4.78, 5) is 2.46. The number of nitrogens with zero attached hydrogens (tertiary/aromatic N) is 1. The van der Waals surface area contributed by atoms with Crippen LogP contribution in [-0.4, -0.2) is 37.7 Å². The average Bonchev–Trinajstić information content (AvgIpc) is 2.82. The fourth-order valence-electron chi connectivity index (χ4n) is 2.85. The van der Waals surface area contributed by atoms with E-state index in [9.17, 15) is 0 Å². The average molecular weight is 329 g/mol. The van der Waals surface area contributed by atoms with Crippen LogP contribution >= 0.6 is 12.4 Å². The molecule has 1 aromatic carbocycles. The SMILES string of the molecule is COc1cc(CN2CCC(C)(CN)C2)ccc1OC(C)C.Cl. The Hall–Kier alpha value is -0.970. The fourth-order valence-corrected chi connectivity index (χ4v) is 2.85. The Kier molecular flexibility index (Phi) is 6.98. The Balaban J connectivity index is 0.00000242. The third-order valence-corrected chi connectivity index (χ3v) is 4.13. The molecular weight excluding hydrogens is 300 g/mol. The van der Waals surface area contributed by atoms with Gasteiger partial charge in [0.25, 0.3) is 0 Å². The van der Waals surface area contributed by atoms with Crippen LogP contribution < -0.4 is 15.2 Å². The minimum Gasteiger partial charge on any atom is -0.493 e. The first kappa shape index (κ1) is 19.1. The topological polar surface area (TPSA) is 47.7 Å². The lowest BCUT2D eigenvalue weighted by atomic mass is 9.90. The van der Waals surface area contributed by atoms with Crippen LogP contribution in [0.5, 0.6) is 11.5 Å². The van der Waals surface area contributed by atoms with Crippen LogP contribution in [-0.2, 0) is 6.54 Å². The summed E-state index contributed by atoms with van der Waals surface area (Å²) < 4.78 is 11.2. The molecular formula is C17H29ClN2O2. The smallest absolute Gasteiger partial charge is 0.161 e. The second-order valence-electron chi connectivity index (χ2n) is 6.63. The van der Waals surface area contributed by atoms with Crippen molar-refractivity contribution in [1.29, 1.82) is 0 Å². The molecule has 0 aliphatic carbocycles. The fraction of sp³-hybridized carbons (Fsp3) is 0.647. The molecule has 0 spiro atoms. The van der Waals surface area contributed by atoms with Crippen LogP contribution in [0.1, 0.15) is 32.8 Å². The van der Waals surface area contributed by atoms with Gasteiger partial charge in [-0.15, -0.1) is 12.4 Å². The summed E-state index contributed by atoms with van der Waals surface area (Å²) in [5.41, 5.74) is 7.39. The van der Waals surface area contributed by atoms with Gasteiger partial charge in [0.2, 0.25) is 0 Å². The van der Waals surface area contributed by atoms with Crippen molar-refractivity contribution in [2.24, 2.45) is 11.1 Å². The van der Waals surface area contributed by atoms with Gasteiger partial charge in [0.05, 0.1) is 13.2 Å². The zero-order valence-corrected chi connectivity index (χ0v) is 14.9. The summed E-state index contributed by atoms with van der Waals surface area (Å²) in [5.74, 6) is 1.62. The highest BCUT2D eigenvalue weighted by Crippen LogP contribution is 2.32. The van der Waals surface area contributed by atoms with Crippen LogP contribution in [0.2, 0.25) is 0 Å². The number of rotatable bonds is 6. The number of ether oxygens (including phenoxy) is 2. The Morgan fingerprint density at radius 2 is 2.05 bits per heavy atom. The largest absolute Gasteiger partial charge is 0.493 e. The standard InChI is InChI=1S/C17H28N2O2.ClH/c1-13(2)21-15-6-5-14(9-16(15)20-4)10-19-8-7-17(3,11-18)12-19;/h5-6,9,13H,7-8,10-12,18H2,1-4H3;1H. The zero-order chi connectivity index (χ0) is 15.5.